The minimum Gasteiger partial charge on any atom is -0.389 e. The first-order valence-electron chi connectivity index (χ1n) is 5.28. The number of aliphatic hydroxyl groups is 2. The Kier molecular flexibility index (Phi) is 5.17. The van der Waals surface area contributed by atoms with Crippen molar-refractivity contribution in [3.05, 3.63) is 0 Å². The van der Waals surface area contributed by atoms with E-state index in [1.54, 1.807) is 0 Å². The zero-order valence-electron chi connectivity index (χ0n) is 8.69. The lowest BCUT2D eigenvalue weighted by Gasteiger charge is -2.17. The van der Waals surface area contributed by atoms with Crippen LogP contribution in [-0.2, 0) is 0 Å². The number of hydrogen-bond acceptors (Lipinski definition) is 3. The second-order valence-electron chi connectivity index (χ2n) is 4.27. The van der Waals surface area contributed by atoms with Crippen LogP contribution >= 0.6 is 11.6 Å². The van der Waals surface area contributed by atoms with Crippen LogP contribution in [0.2, 0.25) is 0 Å². The number of likely N-dealkylation sites (tertiary alicyclic amines) is 1. The Balaban J connectivity index is 2.13. The van der Waals surface area contributed by atoms with Gasteiger partial charge in [-0.3, -0.25) is 4.90 Å². The van der Waals surface area contributed by atoms with E-state index in [1.165, 1.54) is 0 Å². The highest BCUT2D eigenvalue weighted by atomic mass is 35.5. The maximum absolute atomic E-state index is 9.32. The van der Waals surface area contributed by atoms with E-state index in [9.17, 15) is 10.2 Å². The Labute approximate surface area is 90.7 Å². The topological polar surface area (TPSA) is 43.7 Å². The van der Waals surface area contributed by atoms with Gasteiger partial charge in [0, 0.05) is 19.0 Å². The van der Waals surface area contributed by atoms with Gasteiger partial charge in [-0.2, -0.15) is 0 Å². The number of hydrogen-bond donors (Lipinski definition) is 2. The third-order valence-electron chi connectivity index (χ3n) is 2.87. The van der Waals surface area contributed by atoms with Crippen molar-refractivity contribution >= 4 is 11.6 Å². The predicted octanol–water partition coefficient (Wildman–Crippen LogP) is 0.679. The molecular weight excluding hydrogens is 202 g/mol. The number of nitrogens with zero attached hydrogens (tertiary/aromatic N) is 1. The van der Waals surface area contributed by atoms with Crippen LogP contribution in [0, 0.1) is 5.92 Å². The molecule has 0 aromatic carbocycles. The molecule has 2 N–H and O–H groups in total. The molecule has 3 atom stereocenters. The third kappa shape index (κ3) is 3.73. The van der Waals surface area contributed by atoms with Crippen molar-refractivity contribution in [3.8, 4) is 0 Å². The average Bonchev–Trinajstić information content (AvgIpc) is 2.44. The van der Waals surface area contributed by atoms with Crippen LogP contribution in [-0.4, -0.2) is 52.8 Å². The summed E-state index contributed by atoms with van der Waals surface area (Å²) in [4.78, 5) is 2.11. The molecule has 1 rings (SSSR count). The minimum atomic E-state index is -0.557. The lowest BCUT2D eigenvalue weighted by molar-refractivity contribution is 0.0572. The smallest absolute Gasteiger partial charge is 0.0938 e. The summed E-state index contributed by atoms with van der Waals surface area (Å²) in [6, 6.07) is 0. The van der Waals surface area contributed by atoms with Crippen LogP contribution < -0.4 is 0 Å². The molecule has 0 aromatic rings. The van der Waals surface area contributed by atoms with Crippen LogP contribution in [0.5, 0.6) is 0 Å². The fraction of sp³-hybridized carbons (Fsp3) is 1.00. The first-order valence-corrected chi connectivity index (χ1v) is 5.81. The summed E-state index contributed by atoms with van der Waals surface area (Å²) >= 11 is 5.64. The molecule has 1 aliphatic heterocycles. The molecule has 0 bridgehead atoms. The SMILES string of the molecule is CC(CCCl)CCN1CC(O)C(O)C1. The van der Waals surface area contributed by atoms with Gasteiger partial charge in [-0.05, 0) is 25.3 Å². The van der Waals surface area contributed by atoms with Crippen molar-refractivity contribution in [1.82, 2.24) is 4.90 Å². The van der Waals surface area contributed by atoms with Crippen molar-refractivity contribution in [2.45, 2.75) is 32.0 Å². The summed E-state index contributed by atoms with van der Waals surface area (Å²) in [5.74, 6) is 1.34. The van der Waals surface area contributed by atoms with E-state index in [2.05, 4.69) is 11.8 Å². The fourth-order valence-electron chi connectivity index (χ4n) is 1.76. The van der Waals surface area contributed by atoms with Gasteiger partial charge < -0.3 is 10.2 Å². The molecule has 84 valence electrons. The average molecular weight is 222 g/mol. The number of β-amino-alcohol motifs (C(OH)–C–C–N with tert-alkyl or cyclic N) is 2. The van der Waals surface area contributed by atoms with Gasteiger partial charge in [0.2, 0.25) is 0 Å². The predicted molar refractivity (Wildman–Crippen MR) is 57.6 cm³/mol. The fourth-order valence-corrected chi connectivity index (χ4v) is 2.14. The van der Waals surface area contributed by atoms with E-state index in [1.807, 2.05) is 0 Å². The van der Waals surface area contributed by atoms with Gasteiger partial charge in [0.05, 0.1) is 12.2 Å². The molecule has 1 saturated heterocycles. The van der Waals surface area contributed by atoms with Gasteiger partial charge in [0.25, 0.3) is 0 Å². The highest BCUT2D eigenvalue weighted by molar-refractivity contribution is 6.17. The molecule has 0 amide bonds. The van der Waals surface area contributed by atoms with Crippen molar-refractivity contribution in [2.75, 3.05) is 25.5 Å². The molecule has 0 radical (unpaired) electrons. The molecule has 1 fully saturated rings. The Morgan fingerprint density at radius 1 is 1.29 bits per heavy atom. The lowest BCUT2D eigenvalue weighted by atomic mass is 10.1. The summed E-state index contributed by atoms with van der Waals surface area (Å²) < 4.78 is 0. The molecule has 1 aliphatic rings. The van der Waals surface area contributed by atoms with Crippen molar-refractivity contribution in [2.24, 2.45) is 5.92 Å². The lowest BCUT2D eigenvalue weighted by Crippen LogP contribution is -2.24. The van der Waals surface area contributed by atoms with Crippen molar-refractivity contribution < 1.29 is 10.2 Å². The number of halogens is 1. The Bertz CT molecular complexity index is 158. The number of rotatable bonds is 5. The summed E-state index contributed by atoms with van der Waals surface area (Å²) in [7, 11) is 0. The van der Waals surface area contributed by atoms with Crippen molar-refractivity contribution in [1.29, 1.82) is 0 Å². The van der Waals surface area contributed by atoms with Gasteiger partial charge in [0.1, 0.15) is 0 Å². The molecule has 0 aliphatic carbocycles. The normalized spacial score (nSPS) is 30.9. The van der Waals surface area contributed by atoms with E-state index in [-0.39, 0.29) is 0 Å². The summed E-state index contributed by atoms with van der Waals surface area (Å²) in [5, 5.41) is 18.6. The summed E-state index contributed by atoms with van der Waals surface area (Å²) in [6.07, 6.45) is 1.02. The van der Waals surface area contributed by atoms with Crippen LogP contribution in [0.25, 0.3) is 0 Å². The highest BCUT2D eigenvalue weighted by Gasteiger charge is 2.28. The van der Waals surface area contributed by atoms with E-state index >= 15 is 0 Å². The molecule has 0 saturated carbocycles. The molecular formula is C10H20ClNO2. The van der Waals surface area contributed by atoms with Gasteiger partial charge in [-0.1, -0.05) is 6.92 Å². The Morgan fingerprint density at radius 2 is 1.86 bits per heavy atom. The zero-order valence-corrected chi connectivity index (χ0v) is 9.45. The van der Waals surface area contributed by atoms with Crippen LogP contribution in [0.3, 0.4) is 0 Å². The first kappa shape index (κ1) is 12.2. The molecule has 14 heavy (non-hydrogen) atoms. The quantitative estimate of drug-likeness (QED) is 0.672. The van der Waals surface area contributed by atoms with Crippen LogP contribution in [0.1, 0.15) is 19.8 Å². The molecule has 4 heteroatoms. The minimum absolute atomic E-state index is 0.557. The Morgan fingerprint density at radius 3 is 2.36 bits per heavy atom. The van der Waals surface area contributed by atoms with Gasteiger partial charge in [-0.15, -0.1) is 11.6 Å². The number of alkyl halides is 1. The summed E-state index contributed by atoms with van der Waals surface area (Å²) in [5.41, 5.74) is 0. The molecule has 3 unspecified atom stereocenters. The molecule has 1 heterocycles. The van der Waals surface area contributed by atoms with Gasteiger partial charge in [0.15, 0.2) is 0 Å². The summed E-state index contributed by atoms with van der Waals surface area (Å²) in [6.45, 7) is 4.35. The van der Waals surface area contributed by atoms with E-state index in [0.717, 1.165) is 19.4 Å². The second kappa shape index (κ2) is 5.91. The van der Waals surface area contributed by atoms with Crippen LogP contribution in [0.15, 0.2) is 0 Å². The largest absolute Gasteiger partial charge is 0.389 e. The van der Waals surface area contributed by atoms with E-state index < -0.39 is 12.2 Å². The van der Waals surface area contributed by atoms with Gasteiger partial charge in [-0.25, -0.2) is 0 Å². The monoisotopic (exact) mass is 221 g/mol. The maximum atomic E-state index is 9.32. The van der Waals surface area contributed by atoms with E-state index in [4.69, 9.17) is 11.6 Å². The number of aliphatic hydroxyl groups excluding tert-OH is 2. The molecule has 0 aromatic heterocycles. The van der Waals surface area contributed by atoms with Gasteiger partial charge >= 0.3 is 0 Å². The Hall–Kier alpha value is 0.170. The standard InChI is InChI=1S/C10H20ClNO2/c1-8(2-4-11)3-5-12-6-9(13)10(14)7-12/h8-10,13-14H,2-7H2,1H3. The van der Waals surface area contributed by atoms with E-state index in [0.29, 0.717) is 24.9 Å². The molecule has 3 nitrogen and oxygen atoms in total. The van der Waals surface area contributed by atoms with Crippen molar-refractivity contribution in [3.63, 3.8) is 0 Å². The third-order valence-corrected chi connectivity index (χ3v) is 3.09. The zero-order chi connectivity index (χ0) is 10.6. The molecule has 0 spiro atoms. The highest BCUT2D eigenvalue weighted by Crippen LogP contribution is 2.14. The second-order valence-corrected chi connectivity index (χ2v) is 4.64. The van der Waals surface area contributed by atoms with Crippen LogP contribution in [0.4, 0.5) is 0 Å². The first-order chi connectivity index (χ1) is 6.63. The maximum Gasteiger partial charge on any atom is 0.0938 e.